The standard InChI is InChI=1S/C15H18N2O/c1-4-11-6-8-12(9-7-11)15(18)14-10-13(5-2)16-17(14)3/h6-10H,4-5H2,1-3H3. The van der Waals surface area contributed by atoms with Crippen molar-refractivity contribution in [3.8, 4) is 0 Å². The molecule has 0 aliphatic heterocycles. The molecule has 0 fully saturated rings. The Morgan fingerprint density at radius 1 is 1.17 bits per heavy atom. The number of nitrogens with zero attached hydrogens (tertiary/aromatic N) is 2. The fourth-order valence-corrected chi connectivity index (χ4v) is 1.95. The summed E-state index contributed by atoms with van der Waals surface area (Å²) < 4.78 is 1.66. The van der Waals surface area contributed by atoms with Gasteiger partial charge in [0.2, 0.25) is 5.78 Å². The Labute approximate surface area is 107 Å². The van der Waals surface area contributed by atoms with Crippen LogP contribution in [0.1, 0.15) is 41.2 Å². The number of aromatic nitrogens is 2. The van der Waals surface area contributed by atoms with Crippen LogP contribution >= 0.6 is 0 Å². The van der Waals surface area contributed by atoms with E-state index in [0.29, 0.717) is 5.69 Å². The molecule has 0 atom stereocenters. The van der Waals surface area contributed by atoms with E-state index in [1.807, 2.05) is 44.3 Å². The Bertz CT molecular complexity index is 552. The molecular formula is C15H18N2O. The Kier molecular flexibility index (Phi) is 3.60. The van der Waals surface area contributed by atoms with Gasteiger partial charge in [0.25, 0.3) is 0 Å². The van der Waals surface area contributed by atoms with Crippen LogP contribution in [0.25, 0.3) is 0 Å². The Hall–Kier alpha value is -1.90. The fourth-order valence-electron chi connectivity index (χ4n) is 1.95. The molecule has 1 heterocycles. The van der Waals surface area contributed by atoms with Crippen LogP contribution in [0.4, 0.5) is 0 Å². The molecule has 18 heavy (non-hydrogen) atoms. The summed E-state index contributed by atoms with van der Waals surface area (Å²) >= 11 is 0. The normalized spacial score (nSPS) is 10.6. The Balaban J connectivity index is 2.31. The largest absolute Gasteiger partial charge is 0.287 e. The predicted molar refractivity (Wildman–Crippen MR) is 71.8 cm³/mol. The predicted octanol–water partition coefficient (Wildman–Crippen LogP) is 2.78. The summed E-state index contributed by atoms with van der Waals surface area (Å²) in [7, 11) is 1.81. The van der Waals surface area contributed by atoms with E-state index in [4.69, 9.17) is 0 Å². The third-order valence-corrected chi connectivity index (χ3v) is 3.15. The van der Waals surface area contributed by atoms with Crippen molar-refractivity contribution >= 4 is 5.78 Å². The van der Waals surface area contributed by atoms with Gasteiger partial charge in [0.1, 0.15) is 5.69 Å². The third kappa shape index (κ3) is 2.35. The van der Waals surface area contributed by atoms with Gasteiger partial charge in [0.15, 0.2) is 0 Å². The van der Waals surface area contributed by atoms with Gasteiger partial charge in [-0.25, -0.2) is 0 Å². The number of carbonyl (C=O) groups excluding carboxylic acids is 1. The van der Waals surface area contributed by atoms with E-state index in [9.17, 15) is 4.79 Å². The number of hydrogen-bond donors (Lipinski definition) is 0. The van der Waals surface area contributed by atoms with E-state index in [0.717, 1.165) is 24.1 Å². The number of carbonyl (C=O) groups is 1. The molecule has 0 spiro atoms. The minimum absolute atomic E-state index is 0.0346. The number of benzene rings is 1. The smallest absolute Gasteiger partial charge is 0.211 e. The second kappa shape index (κ2) is 5.17. The summed E-state index contributed by atoms with van der Waals surface area (Å²) in [6.45, 7) is 4.14. The lowest BCUT2D eigenvalue weighted by Crippen LogP contribution is -2.08. The molecular weight excluding hydrogens is 224 g/mol. The lowest BCUT2D eigenvalue weighted by atomic mass is 10.0. The quantitative estimate of drug-likeness (QED) is 0.773. The number of ketones is 1. The highest BCUT2D eigenvalue weighted by molar-refractivity contribution is 6.07. The zero-order valence-electron chi connectivity index (χ0n) is 11.1. The average molecular weight is 242 g/mol. The second-order valence-corrected chi connectivity index (χ2v) is 4.38. The monoisotopic (exact) mass is 242 g/mol. The first-order valence-electron chi connectivity index (χ1n) is 6.32. The Morgan fingerprint density at radius 3 is 2.33 bits per heavy atom. The molecule has 0 unspecified atom stereocenters. The van der Waals surface area contributed by atoms with Crippen LogP contribution in [0.3, 0.4) is 0 Å². The molecule has 1 aromatic heterocycles. The highest BCUT2D eigenvalue weighted by Crippen LogP contribution is 2.12. The fraction of sp³-hybridized carbons (Fsp3) is 0.333. The van der Waals surface area contributed by atoms with E-state index < -0.39 is 0 Å². The van der Waals surface area contributed by atoms with Gasteiger partial charge in [-0.15, -0.1) is 0 Å². The first-order valence-corrected chi connectivity index (χ1v) is 6.32. The highest BCUT2D eigenvalue weighted by Gasteiger charge is 2.14. The van der Waals surface area contributed by atoms with Crippen LogP contribution in [-0.2, 0) is 19.9 Å². The second-order valence-electron chi connectivity index (χ2n) is 4.38. The highest BCUT2D eigenvalue weighted by atomic mass is 16.1. The molecule has 0 aliphatic carbocycles. The van der Waals surface area contributed by atoms with Gasteiger partial charge in [-0.1, -0.05) is 38.1 Å². The van der Waals surface area contributed by atoms with Crippen LogP contribution in [0, 0.1) is 0 Å². The van der Waals surface area contributed by atoms with Gasteiger partial charge < -0.3 is 0 Å². The van der Waals surface area contributed by atoms with Crippen molar-refractivity contribution in [1.82, 2.24) is 9.78 Å². The molecule has 2 rings (SSSR count). The van der Waals surface area contributed by atoms with Crippen molar-refractivity contribution in [1.29, 1.82) is 0 Å². The van der Waals surface area contributed by atoms with Crippen LogP contribution in [0.2, 0.25) is 0 Å². The van der Waals surface area contributed by atoms with E-state index in [1.165, 1.54) is 5.56 Å². The zero-order valence-corrected chi connectivity index (χ0v) is 11.1. The summed E-state index contributed by atoms with van der Waals surface area (Å²) in [5, 5.41) is 4.31. The molecule has 1 aromatic carbocycles. The van der Waals surface area contributed by atoms with Crippen LogP contribution < -0.4 is 0 Å². The summed E-state index contributed by atoms with van der Waals surface area (Å²) in [6, 6.07) is 9.66. The van der Waals surface area contributed by atoms with E-state index in [2.05, 4.69) is 12.0 Å². The van der Waals surface area contributed by atoms with E-state index in [-0.39, 0.29) is 5.78 Å². The van der Waals surface area contributed by atoms with Crippen molar-refractivity contribution in [3.05, 3.63) is 52.8 Å². The lowest BCUT2D eigenvalue weighted by molar-refractivity contribution is 0.103. The molecule has 0 bridgehead atoms. The van der Waals surface area contributed by atoms with Gasteiger partial charge in [0, 0.05) is 12.6 Å². The van der Waals surface area contributed by atoms with Crippen molar-refractivity contribution in [3.63, 3.8) is 0 Å². The summed E-state index contributed by atoms with van der Waals surface area (Å²) in [5.41, 5.74) is 3.56. The SMILES string of the molecule is CCc1ccc(C(=O)c2cc(CC)nn2C)cc1. The third-order valence-electron chi connectivity index (χ3n) is 3.15. The van der Waals surface area contributed by atoms with Crippen molar-refractivity contribution in [2.75, 3.05) is 0 Å². The van der Waals surface area contributed by atoms with Crippen molar-refractivity contribution in [2.45, 2.75) is 26.7 Å². The molecule has 0 saturated carbocycles. The van der Waals surface area contributed by atoms with E-state index >= 15 is 0 Å². The van der Waals surface area contributed by atoms with Crippen molar-refractivity contribution in [2.24, 2.45) is 7.05 Å². The summed E-state index contributed by atoms with van der Waals surface area (Å²) in [4.78, 5) is 12.3. The van der Waals surface area contributed by atoms with Gasteiger partial charge in [-0.05, 0) is 24.5 Å². The molecule has 94 valence electrons. The van der Waals surface area contributed by atoms with Gasteiger partial charge >= 0.3 is 0 Å². The van der Waals surface area contributed by atoms with Crippen molar-refractivity contribution < 1.29 is 4.79 Å². The van der Waals surface area contributed by atoms with Gasteiger partial charge in [-0.3, -0.25) is 9.48 Å². The van der Waals surface area contributed by atoms with Crippen LogP contribution in [-0.4, -0.2) is 15.6 Å². The topological polar surface area (TPSA) is 34.9 Å². The number of hydrogen-bond acceptors (Lipinski definition) is 2. The average Bonchev–Trinajstić information content (AvgIpc) is 2.79. The zero-order chi connectivity index (χ0) is 13.1. The van der Waals surface area contributed by atoms with Gasteiger partial charge in [-0.2, -0.15) is 5.10 Å². The van der Waals surface area contributed by atoms with Crippen LogP contribution in [0.15, 0.2) is 30.3 Å². The van der Waals surface area contributed by atoms with E-state index in [1.54, 1.807) is 4.68 Å². The molecule has 3 nitrogen and oxygen atoms in total. The molecule has 3 heteroatoms. The maximum atomic E-state index is 12.3. The molecule has 0 N–H and O–H groups in total. The molecule has 0 radical (unpaired) electrons. The first kappa shape index (κ1) is 12.6. The molecule has 0 saturated heterocycles. The minimum Gasteiger partial charge on any atom is -0.287 e. The maximum absolute atomic E-state index is 12.3. The minimum atomic E-state index is 0.0346. The molecule has 0 amide bonds. The number of aryl methyl sites for hydroxylation is 3. The Morgan fingerprint density at radius 2 is 1.83 bits per heavy atom. The molecule has 0 aliphatic rings. The number of rotatable bonds is 4. The lowest BCUT2D eigenvalue weighted by Gasteiger charge is -2.02. The summed E-state index contributed by atoms with van der Waals surface area (Å²) in [6.07, 6.45) is 1.83. The van der Waals surface area contributed by atoms with Crippen LogP contribution in [0.5, 0.6) is 0 Å². The van der Waals surface area contributed by atoms with Gasteiger partial charge in [0.05, 0.1) is 5.69 Å². The molecule has 2 aromatic rings. The maximum Gasteiger partial charge on any atom is 0.211 e. The summed E-state index contributed by atoms with van der Waals surface area (Å²) in [5.74, 6) is 0.0346. The first-order chi connectivity index (χ1) is 8.65.